The van der Waals surface area contributed by atoms with E-state index in [4.69, 9.17) is 0 Å². The van der Waals surface area contributed by atoms with Gasteiger partial charge < -0.3 is 5.32 Å². The highest BCUT2D eigenvalue weighted by atomic mass is 32.2. The van der Waals surface area contributed by atoms with Crippen LogP contribution in [0.3, 0.4) is 0 Å². The second kappa shape index (κ2) is 6.60. The highest BCUT2D eigenvalue weighted by Gasteiger charge is 2.41. The Morgan fingerprint density at radius 2 is 1.96 bits per heavy atom. The smallest absolute Gasteiger partial charge is 0.308 e. The molecule has 0 bridgehead atoms. The summed E-state index contributed by atoms with van der Waals surface area (Å²) in [5.41, 5.74) is 1.29. The van der Waals surface area contributed by atoms with Crippen LogP contribution in [0.2, 0.25) is 0 Å². The summed E-state index contributed by atoms with van der Waals surface area (Å²) >= 11 is 1.28. The number of anilines is 2. The monoisotopic (exact) mass is 396 g/mol. The first-order chi connectivity index (χ1) is 12.4. The standard InChI is InChI=1S/C16H17FN4O3S2/c17-10-1-3-11(4-2-10)18-15(22)20-16-19-13-7-8-21(9-14(13)25-16)26(23,24)12-5-6-12/h1-4,12H,5-9H2,(H2,18,19,20,22). The Labute approximate surface area is 154 Å². The van der Waals surface area contributed by atoms with Gasteiger partial charge in [0, 0.05) is 30.1 Å². The molecule has 2 aromatic rings. The second-order valence-corrected chi connectivity index (χ2v) is 9.60. The van der Waals surface area contributed by atoms with E-state index in [1.165, 1.54) is 39.9 Å². The molecule has 1 aliphatic heterocycles. The van der Waals surface area contributed by atoms with Crippen LogP contribution in [0.1, 0.15) is 23.4 Å². The number of nitrogens with one attached hydrogen (secondary N) is 2. The van der Waals surface area contributed by atoms with Crippen molar-refractivity contribution in [2.45, 2.75) is 31.1 Å². The number of thiazole rings is 1. The summed E-state index contributed by atoms with van der Waals surface area (Å²) in [7, 11) is -3.21. The van der Waals surface area contributed by atoms with E-state index in [-0.39, 0.29) is 11.1 Å². The van der Waals surface area contributed by atoms with Crippen molar-refractivity contribution in [1.82, 2.24) is 9.29 Å². The zero-order valence-corrected chi connectivity index (χ0v) is 15.4. The summed E-state index contributed by atoms with van der Waals surface area (Å²) in [6.07, 6.45) is 2.02. The van der Waals surface area contributed by atoms with Crippen molar-refractivity contribution in [3.8, 4) is 0 Å². The molecule has 0 radical (unpaired) electrons. The van der Waals surface area contributed by atoms with Crippen molar-refractivity contribution in [3.05, 3.63) is 40.7 Å². The van der Waals surface area contributed by atoms with E-state index in [1.807, 2.05) is 0 Å². The molecule has 2 heterocycles. The van der Waals surface area contributed by atoms with Crippen molar-refractivity contribution in [2.75, 3.05) is 17.2 Å². The highest BCUT2D eigenvalue weighted by Crippen LogP contribution is 2.35. The Morgan fingerprint density at radius 3 is 2.65 bits per heavy atom. The number of hydrogen-bond donors (Lipinski definition) is 2. The molecular formula is C16H17FN4O3S2. The lowest BCUT2D eigenvalue weighted by molar-refractivity contribution is 0.262. The van der Waals surface area contributed by atoms with E-state index in [0.717, 1.165) is 23.4 Å². The quantitative estimate of drug-likeness (QED) is 0.831. The largest absolute Gasteiger partial charge is 0.325 e. The molecule has 4 rings (SSSR count). The molecule has 0 unspecified atom stereocenters. The van der Waals surface area contributed by atoms with Gasteiger partial charge in [0.25, 0.3) is 0 Å². The summed E-state index contributed by atoms with van der Waals surface area (Å²) in [5, 5.41) is 5.44. The molecule has 0 spiro atoms. The van der Waals surface area contributed by atoms with Gasteiger partial charge in [-0.25, -0.2) is 22.6 Å². The molecule has 2 amide bonds. The Bertz CT molecular complexity index is 939. The topological polar surface area (TPSA) is 91.4 Å². The molecule has 1 aromatic heterocycles. The molecule has 2 N–H and O–H groups in total. The number of halogens is 1. The minimum absolute atomic E-state index is 0.226. The van der Waals surface area contributed by atoms with Gasteiger partial charge in [-0.05, 0) is 37.1 Å². The van der Waals surface area contributed by atoms with Crippen LogP contribution in [-0.4, -0.2) is 35.5 Å². The minimum atomic E-state index is -3.21. The summed E-state index contributed by atoms with van der Waals surface area (Å²) < 4.78 is 39.2. The maximum atomic E-state index is 12.9. The molecule has 7 nitrogen and oxygen atoms in total. The number of aromatic nitrogens is 1. The molecule has 1 aliphatic carbocycles. The minimum Gasteiger partial charge on any atom is -0.308 e. The molecule has 10 heteroatoms. The highest BCUT2D eigenvalue weighted by molar-refractivity contribution is 7.90. The molecule has 1 saturated carbocycles. The van der Waals surface area contributed by atoms with Crippen LogP contribution in [0.25, 0.3) is 0 Å². The SMILES string of the molecule is O=C(Nc1ccc(F)cc1)Nc1nc2c(s1)CN(S(=O)(=O)C1CC1)CC2. The van der Waals surface area contributed by atoms with E-state index in [1.54, 1.807) is 0 Å². The molecule has 2 aliphatic rings. The number of rotatable bonds is 4. The van der Waals surface area contributed by atoms with Crippen molar-refractivity contribution >= 4 is 38.2 Å². The lowest BCUT2D eigenvalue weighted by Gasteiger charge is -2.25. The fourth-order valence-electron chi connectivity index (χ4n) is 2.81. The van der Waals surface area contributed by atoms with Gasteiger partial charge in [0.15, 0.2) is 5.13 Å². The number of fused-ring (bicyclic) bond motifs is 1. The van der Waals surface area contributed by atoms with E-state index in [9.17, 15) is 17.6 Å². The molecule has 26 heavy (non-hydrogen) atoms. The first-order valence-corrected chi connectivity index (χ1v) is 10.5. The molecule has 138 valence electrons. The first-order valence-electron chi connectivity index (χ1n) is 8.23. The third-order valence-electron chi connectivity index (χ3n) is 4.32. The number of benzene rings is 1. The van der Waals surface area contributed by atoms with E-state index in [0.29, 0.717) is 30.3 Å². The zero-order valence-electron chi connectivity index (χ0n) is 13.7. The maximum Gasteiger partial charge on any atom is 0.325 e. The average molecular weight is 396 g/mol. The summed E-state index contributed by atoms with van der Waals surface area (Å²) in [6, 6.07) is 4.95. The van der Waals surface area contributed by atoms with Gasteiger partial charge in [-0.1, -0.05) is 11.3 Å². The molecule has 0 atom stereocenters. The number of urea groups is 1. The van der Waals surface area contributed by atoms with Gasteiger partial charge in [0.2, 0.25) is 10.0 Å². The molecular weight excluding hydrogens is 379 g/mol. The van der Waals surface area contributed by atoms with Crippen LogP contribution in [0.4, 0.5) is 20.0 Å². The van der Waals surface area contributed by atoms with Crippen LogP contribution in [0.15, 0.2) is 24.3 Å². The van der Waals surface area contributed by atoms with Crippen LogP contribution >= 0.6 is 11.3 Å². The number of carbonyl (C=O) groups is 1. The Balaban J connectivity index is 1.41. The third-order valence-corrected chi connectivity index (χ3v) is 7.67. The van der Waals surface area contributed by atoms with E-state index >= 15 is 0 Å². The number of sulfonamides is 1. The van der Waals surface area contributed by atoms with E-state index in [2.05, 4.69) is 15.6 Å². The van der Waals surface area contributed by atoms with Gasteiger partial charge in [-0.2, -0.15) is 4.31 Å². The van der Waals surface area contributed by atoms with Crippen molar-refractivity contribution < 1.29 is 17.6 Å². The second-order valence-electron chi connectivity index (χ2n) is 6.30. The lowest BCUT2D eigenvalue weighted by atomic mass is 10.2. The fraction of sp³-hybridized carbons (Fsp3) is 0.375. The molecule has 0 saturated heterocycles. The maximum absolute atomic E-state index is 12.9. The van der Waals surface area contributed by atoms with Crippen LogP contribution < -0.4 is 10.6 Å². The molecule has 1 fully saturated rings. The van der Waals surface area contributed by atoms with Crippen molar-refractivity contribution in [3.63, 3.8) is 0 Å². The number of amides is 2. The third kappa shape index (κ3) is 3.57. The number of carbonyl (C=O) groups excluding carboxylic acids is 1. The average Bonchev–Trinajstić information content (AvgIpc) is 3.38. The fourth-order valence-corrected chi connectivity index (χ4v) is 5.72. The van der Waals surface area contributed by atoms with Crippen molar-refractivity contribution in [2.24, 2.45) is 0 Å². The van der Waals surface area contributed by atoms with Gasteiger partial charge >= 0.3 is 6.03 Å². The predicted octanol–water partition coefficient (Wildman–Crippen LogP) is 2.78. The van der Waals surface area contributed by atoms with E-state index < -0.39 is 16.1 Å². The Morgan fingerprint density at radius 1 is 1.23 bits per heavy atom. The summed E-state index contributed by atoms with van der Waals surface area (Å²) in [4.78, 5) is 17.3. The molecule has 1 aromatic carbocycles. The normalized spacial score (nSPS) is 17.6. The number of nitrogens with zero attached hydrogens (tertiary/aromatic N) is 2. The van der Waals surface area contributed by atoms with Crippen LogP contribution in [0.5, 0.6) is 0 Å². The van der Waals surface area contributed by atoms with Crippen LogP contribution in [-0.2, 0) is 23.0 Å². The zero-order chi connectivity index (χ0) is 18.3. The Kier molecular flexibility index (Phi) is 4.41. The van der Waals surface area contributed by atoms with Crippen LogP contribution in [0, 0.1) is 5.82 Å². The predicted molar refractivity (Wildman–Crippen MR) is 97.2 cm³/mol. The first kappa shape index (κ1) is 17.4. The van der Waals surface area contributed by atoms with Gasteiger partial charge in [-0.15, -0.1) is 0 Å². The van der Waals surface area contributed by atoms with Gasteiger partial charge in [0.1, 0.15) is 5.82 Å². The van der Waals surface area contributed by atoms with Gasteiger partial charge in [0.05, 0.1) is 10.9 Å². The lowest BCUT2D eigenvalue weighted by Crippen LogP contribution is -2.37. The van der Waals surface area contributed by atoms with Gasteiger partial charge in [-0.3, -0.25) is 5.32 Å². The van der Waals surface area contributed by atoms with Crippen molar-refractivity contribution in [1.29, 1.82) is 0 Å². The summed E-state index contributed by atoms with van der Waals surface area (Å²) in [6.45, 7) is 0.740. The number of hydrogen-bond acceptors (Lipinski definition) is 5. The Hall–Kier alpha value is -2.04. The summed E-state index contributed by atoms with van der Waals surface area (Å²) in [5.74, 6) is -0.380.